The molecule has 1 aromatic heterocycles. The lowest BCUT2D eigenvalue weighted by atomic mass is 10.1. The van der Waals surface area contributed by atoms with Crippen LogP contribution in [0.15, 0.2) is 22.7 Å². The normalized spacial score (nSPS) is 10.8. The van der Waals surface area contributed by atoms with E-state index < -0.39 is 0 Å². The van der Waals surface area contributed by atoms with Crippen LogP contribution in [-0.4, -0.2) is 4.98 Å². The highest BCUT2D eigenvalue weighted by Gasteiger charge is 2.05. The summed E-state index contributed by atoms with van der Waals surface area (Å²) in [6.07, 6.45) is 0. The maximum atomic E-state index is 5.77. The van der Waals surface area contributed by atoms with Gasteiger partial charge in [0.05, 0.1) is 5.52 Å². The van der Waals surface area contributed by atoms with E-state index in [4.69, 9.17) is 5.73 Å². The molecule has 2 N–H and O–H groups in total. The number of hydrogen-bond donors (Lipinski definition) is 1. The molecule has 0 unspecified atom stereocenters. The summed E-state index contributed by atoms with van der Waals surface area (Å²) >= 11 is 3.47. The SMILES string of the molecule is Cc1cc2c(C)ccc(Br)c2nc1N. The second-order valence-electron chi connectivity index (χ2n) is 3.45. The molecule has 3 heteroatoms. The molecule has 0 bridgehead atoms. The minimum atomic E-state index is 0.601. The van der Waals surface area contributed by atoms with Crippen LogP contribution in [-0.2, 0) is 0 Å². The van der Waals surface area contributed by atoms with Crippen LogP contribution in [0.1, 0.15) is 11.1 Å². The van der Waals surface area contributed by atoms with Crippen LogP contribution in [0, 0.1) is 13.8 Å². The number of nitrogens with zero attached hydrogens (tertiary/aromatic N) is 1. The van der Waals surface area contributed by atoms with Crippen LogP contribution < -0.4 is 5.73 Å². The van der Waals surface area contributed by atoms with Gasteiger partial charge in [0.15, 0.2) is 0 Å². The number of aromatic nitrogens is 1. The van der Waals surface area contributed by atoms with Crippen molar-refractivity contribution >= 4 is 32.7 Å². The molecule has 14 heavy (non-hydrogen) atoms. The Morgan fingerprint density at radius 2 is 1.93 bits per heavy atom. The molecule has 0 spiro atoms. The summed E-state index contributed by atoms with van der Waals surface area (Å²) in [5.41, 5.74) is 8.96. The highest BCUT2D eigenvalue weighted by atomic mass is 79.9. The summed E-state index contributed by atoms with van der Waals surface area (Å²) in [6.45, 7) is 4.05. The van der Waals surface area contributed by atoms with Crippen LogP contribution >= 0.6 is 15.9 Å². The molecule has 0 saturated heterocycles. The first-order valence-corrected chi connectivity index (χ1v) is 5.21. The topological polar surface area (TPSA) is 38.9 Å². The van der Waals surface area contributed by atoms with Gasteiger partial charge in [-0.1, -0.05) is 6.07 Å². The van der Waals surface area contributed by atoms with Gasteiger partial charge in [-0.15, -0.1) is 0 Å². The van der Waals surface area contributed by atoms with Gasteiger partial charge in [-0.05, 0) is 53.0 Å². The van der Waals surface area contributed by atoms with Gasteiger partial charge in [-0.25, -0.2) is 4.98 Å². The fraction of sp³-hybridized carbons (Fsp3) is 0.182. The molecule has 0 radical (unpaired) electrons. The van der Waals surface area contributed by atoms with Crippen LogP contribution in [0.5, 0.6) is 0 Å². The number of hydrogen-bond acceptors (Lipinski definition) is 2. The van der Waals surface area contributed by atoms with Gasteiger partial charge in [0.25, 0.3) is 0 Å². The second-order valence-corrected chi connectivity index (χ2v) is 4.31. The number of fused-ring (bicyclic) bond motifs is 1. The van der Waals surface area contributed by atoms with Crippen molar-refractivity contribution in [2.75, 3.05) is 5.73 Å². The smallest absolute Gasteiger partial charge is 0.127 e. The average molecular weight is 251 g/mol. The lowest BCUT2D eigenvalue weighted by molar-refractivity contribution is 1.32. The molecular weight excluding hydrogens is 240 g/mol. The molecule has 0 fully saturated rings. The second kappa shape index (κ2) is 3.24. The lowest BCUT2D eigenvalue weighted by Gasteiger charge is -2.06. The molecule has 0 aliphatic heterocycles. The monoisotopic (exact) mass is 250 g/mol. The number of halogens is 1. The van der Waals surface area contributed by atoms with Crippen molar-refractivity contribution in [3.8, 4) is 0 Å². The highest BCUT2D eigenvalue weighted by Crippen LogP contribution is 2.27. The lowest BCUT2D eigenvalue weighted by Crippen LogP contribution is -1.95. The van der Waals surface area contributed by atoms with E-state index in [0.29, 0.717) is 5.82 Å². The third-order valence-electron chi connectivity index (χ3n) is 2.38. The highest BCUT2D eigenvalue weighted by molar-refractivity contribution is 9.10. The number of anilines is 1. The Morgan fingerprint density at radius 3 is 2.64 bits per heavy atom. The standard InChI is InChI=1S/C11H11BrN2/c1-6-3-4-9(12)10-8(6)5-7(2)11(13)14-10/h3-5H,1-2H3,(H2,13,14). The van der Waals surface area contributed by atoms with E-state index in [9.17, 15) is 0 Å². The summed E-state index contributed by atoms with van der Waals surface area (Å²) in [4.78, 5) is 4.37. The molecule has 0 amide bonds. The Morgan fingerprint density at radius 1 is 1.21 bits per heavy atom. The fourth-order valence-electron chi connectivity index (χ4n) is 1.48. The van der Waals surface area contributed by atoms with Crippen molar-refractivity contribution in [3.05, 3.63) is 33.8 Å². The molecule has 2 aromatic rings. The summed E-state index contributed by atoms with van der Waals surface area (Å²) < 4.78 is 0.991. The van der Waals surface area contributed by atoms with Crippen molar-refractivity contribution in [2.45, 2.75) is 13.8 Å². The number of rotatable bonds is 0. The predicted molar refractivity (Wildman–Crippen MR) is 63.3 cm³/mol. The van der Waals surface area contributed by atoms with Crippen LogP contribution in [0.2, 0.25) is 0 Å². The van der Waals surface area contributed by atoms with E-state index in [-0.39, 0.29) is 0 Å². The maximum absolute atomic E-state index is 5.77. The van der Waals surface area contributed by atoms with Crippen LogP contribution in [0.4, 0.5) is 5.82 Å². The minimum absolute atomic E-state index is 0.601. The van der Waals surface area contributed by atoms with Crippen molar-refractivity contribution in [2.24, 2.45) is 0 Å². The average Bonchev–Trinajstić information content (AvgIpc) is 2.15. The molecule has 0 aliphatic rings. The van der Waals surface area contributed by atoms with Crippen molar-refractivity contribution < 1.29 is 0 Å². The number of benzene rings is 1. The van der Waals surface area contributed by atoms with Crippen LogP contribution in [0.3, 0.4) is 0 Å². The van der Waals surface area contributed by atoms with Crippen molar-refractivity contribution in [1.29, 1.82) is 0 Å². The molecule has 1 aromatic carbocycles. The van der Waals surface area contributed by atoms with Gasteiger partial charge in [-0.2, -0.15) is 0 Å². The zero-order valence-electron chi connectivity index (χ0n) is 8.13. The van der Waals surface area contributed by atoms with Gasteiger partial charge in [0.2, 0.25) is 0 Å². The van der Waals surface area contributed by atoms with E-state index in [1.165, 1.54) is 5.56 Å². The number of pyridine rings is 1. The molecule has 72 valence electrons. The maximum Gasteiger partial charge on any atom is 0.127 e. The molecule has 2 nitrogen and oxygen atoms in total. The summed E-state index contributed by atoms with van der Waals surface area (Å²) in [5.74, 6) is 0.601. The summed E-state index contributed by atoms with van der Waals surface area (Å²) in [5, 5.41) is 1.16. The molecule has 0 saturated carbocycles. The number of nitrogens with two attached hydrogens (primary N) is 1. The molecule has 0 atom stereocenters. The third-order valence-corrected chi connectivity index (χ3v) is 3.02. The minimum Gasteiger partial charge on any atom is -0.383 e. The van der Waals surface area contributed by atoms with E-state index in [1.807, 2.05) is 13.0 Å². The first-order valence-electron chi connectivity index (χ1n) is 4.41. The Balaban J connectivity index is 2.94. The van der Waals surface area contributed by atoms with Gasteiger partial charge in [-0.3, -0.25) is 0 Å². The Labute approximate surface area is 91.3 Å². The van der Waals surface area contributed by atoms with Gasteiger partial charge < -0.3 is 5.73 Å². The van der Waals surface area contributed by atoms with Crippen molar-refractivity contribution in [1.82, 2.24) is 4.98 Å². The first-order chi connectivity index (χ1) is 6.59. The van der Waals surface area contributed by atoms with E-state index in [2.05, 4.69) is 40.0 Å². The summed E-state index contributed by atoms with van der Waals surface area (Å²) in [6, 6.07) is 6.15. The van der Waals surface area contributed by atoms with Gasteiger partial charge in [0.1, 0.15) is 5.82 Å². The van der Waals surface area contributed by atoms with Crippen molar-refractivity contribution in [3.63, 3.8) is 0 Å². The third kappa shape index (κ3) is 1.38. The Kier molecular flexibility index (Phi) is 2.19. The Hall–Kier alpha value is -1.09. The summed E-state index contributed by atoms with van der Waals surface area (Å²) in [7, 11) is 0. The van der Waals surface area contributed by atoms with Gasteiger partial charge in [0, 0.05) is 9.86 Å². The Bertz CT molecular complexity index is 460. The van der Waals surface area contributed by atoms with Crippen LogP contribution in [0.25, 0.3) is 10.9 Å². The quantitative estimate of drug-likeness (QED) is 0.780. The fourth-order valence-corrected chi connectivity index (χ4v) is 1.91. The molecule has 1 heterocycles. The first kappa shape index (κ1) is 9.46. The number of aryl methyl sites for hydroxylation is 2. The van der Waals surface area contributed by atoms with E-state index >= 15 is 0 Å². The zero-order chi connectivity index (χ0) is 10.3. The number of nitrogen functional groups attached to an aromatic ring is 1. The van der Waals surface area contributed by atoms with E-state index in [0.717, 1.165) is 20.9 Å². The molecule has 0 aliphatic carbocycles. The molecule has 2 rings (SSSR count). The largest absolute Gasteiger partial charge is 0.383 e. The van der Waals surface area contributed by atoms with E-state index in [1.54, 1.807) is 0 Å². The predicted octanol–water partition coefficient (Wildman–Crippen LogP) is 3.20. The van der Waals surface area contributed by atoms with Gasteiger partial charge >= 0.3 is 0 Å². The molecular formula is C11H11BrN2. The zero-order valence-corrected chi connectivity index (χ0v) is 9.72.